The largest absolute Gasteiger partial charge is 0.486 e. The minimum Gasteiger partial charge on any atom is -0.486 e. The van der Waals surface area contributed by atoms with Gasteiger partial charge in [-0.1, -0.05) is 42.5 Å². The van der Waals surface area contributed by atoms with Gasteiger partial charge in [-0.25, -0.2) is 4.90 Å². The summed E-state index contributed by atoms with van der Waals surface area (Å²) in [6.45, 7) is 0.707. The van der Waals surface area contributed by atoms with Gasteiger partial charge in [0.1, 0.15) is 13.2 Å². The number of benzene rings is 3. The molecular formula is C23H15NO5. The molecule has 2 amide bonds. The third kappa shape index (κ3) is 2.69. The number of anilines is 1. The number of carbonyl (C=O) groups excluding carboxylic acids is 3. The molecule has 0 aromatic heterocycles. The number of amides is 2. The van der Waals surface area contributed by atoms with Crippen molar-refractivity contribution in [3.63, 3.8) is 0 Å². The molecule has 0 fully saturated rings. The zero-order valence-electron chi connectivity index (χ0n) is 15.3. The number of hydrogen-bond donors (Lipinski definition) is 0. The third-order valence-electron chi connectivity index (χ3n) is 4.98. The van der Waals surface area contributed by atoms with Crippen LogP contribution < -0.4 is 14.4 Å². The van der Waals surface area contributed by atoms with Gasteiger partial charge in [0.05, 0.1) is 22.4 Å². The summed E-state index contributed by atoms with van der Waals surface area (Å²) in [6, 6.07) is 18.4. The van der Waals surface area contributed by atoms with Gasteiger partial charge in [0.2, 0.25) is 0 Å². The Kier molecular flexibility index (Phi) is 3.91. The van der Waals surface area contributed by atoms with Crippen LogP contribution in [0.2, 0.25) is 0 Å². The smallest absolute Gasteiger partial charge is 0.266 e. The van der Waals surface area contributed by atoms with Crippen LogP contribution in [-0.4, -0.2) is 30.8 Å². The van der Waals surface area contributed by atoms with Gasteiger partial charge in [0.25, 0.3) is 11.8 Å². The van der Waals surface area contributed by atoms with Crippen molar-refractivity contribution in [2.75, 3.05) is 18.1 Å². The van der Waals surface area contributed by atoms with E-state index in [0.717, 1.165) is 4.90 Å². The summed E-state index contributed by atoms with van der Waals surface area (Å²) in [6.07, 6.45) is 0. The molecular weight excluding hydrogens is 370 g/mol. The number of fused-ring (bicyclic) bond motifs is 2. The Morgan fingerprint density at radius 1 is 0.759 bits per heavy atom. The number of ether oxygens (including phenoxy) is 2. The monoisotopic (exact) mass is 385 g/mol. The molecule has 6 heteroatoms. The van der Waals surface area contributed by atoms with Crippen molar-refractivity contribution < 1.29 is 23.9 Å². The number of ketones is 1. The lowest BCUT2D eigenvalue weighted by atomic mass is 10.00. The topological polar surface area (TPSA) is 72.9 Å². The van der Waals surface area contributed by atoms with Crippen LogP contribution in [0, 0.1) is 0 Å². The summed E-state index contributed by atoms with van der Waals surface area (Å²) in [5, 5.41) is 0. The highest BCUT2D eigenvalue weighted by atomic mass is 16.6. The zero-order valence-corrected chi connectivity index (χ0v) is 15.3. The minimum atomic E-state index is -0.468. The molecule has 142 valence electrons. The summed E-state index contributed by atoms with van der Waals surface area (Å²) in [5.74, 6) is -0.439. The van der Waals surface area contributed by atoms with Gasteiger partial charge >= 0.3 is 0 Å². The first-order valence-corrected chi connectivity index (χ1v) is 9.16. The van der Waals surface area contributed by atoms with Crippen LogP contribution in [0.5, 0.6) is 11.5 Å². The van der Waals surface area contributed by atoms with Gasteiger partial charge in [-0.2, -0.15) is 0 Å². The predicted molar refractivity (Wildman–Crippen MR) is 105 cm³/mol. The second kappa shape index (κ2) is 6.60. The molecule has 3 aromatic carbocycles. The molecule has 0 spiro atoms. The third-order valence-corrected chi connectivity index (χ3v) is 4.98. The van der Waals surface area contributed by atoms with Gasteiger partial charge in [-0.3, -0.25) is 14.4 Å². The second-order valence-electron chi connectivity index (χ2n) is 6.70. The maximum absolute atomic E-state index is 13.3. The SMILES string of the molecule is O=C(c1ccccc1)c1cc2c(cc1N1C(=O)c3ccccc3C1=O)OCCO2. The highest BCUT2D eigenvalue weighted by molar-refractivity contribution is 6.36. The van der Waals surface area contributed by atoms with Crippen molar-refractivity contribution in [3.05, 3.63) is 89.0 Å². The quantitative estimate of drug-likeness (QED) is 0.510. The van der Waals surface area contributed by atoms with Gasteiger partial charge in [0, 0.05) is 11.6 Å². The van der Waals surface area contributed by atoms with Gasteiger partial charge in [0.15, 0.2) is 17.3 Å². The Hall–Kier alpha value is -3.93. The van der Waals surface area contributed by atoms with Gasteiger partial charge < -0.3 is 9.47 Å². The van der Waals surface area contributed by atoms with E-state index < -0.39 is 11.8 Å². The fourth-order valence-electron chi connectivity index (χ4n) is 3.60. The average molecular weight is 385 g/mol. The summed E-state index contributed by atoms with van der Waals surface area (Å²) in [7, 11) is 0. The van der Waals surface area contributed by atoms with Crippen molar-refractivity contribution in [2.24, 2.45) is 0 Å². The number of hydrogen-bond acceptors (Lipinski definition) is 5. The van der Waals surface area contributed by atoms with E-state index in [1.807, 2.05) is 6.07 Å². The molecule has 3 aromatic rings. The molecule has 2 aliphatic heterocycles. The number of carbonyl (C=O) groups is 3. The summed E-state index contributed by atoms with van der Waals surface area (Å²) < 4.78 is 11.2. The summed E-state index contributed by atoms with van der Waals surface area (Å²) in [5.41, 5.74) is 1.46. The molecule has 0 bridgehead atoms. The van der Waals surface area contributed by atoms with E-state index in [0.29, 0.717) is 41.4 Å². The Morgan fingerprint density at radius 2 is 1.31 bits per heavy atom. The van der Waals surface area contributed by atoms with Crippen LogP contribution in [0.15, 0.2) is 66.7 Å². The molecule has 0 radical (unpaired) electrons. The number of nitrogens with zero attached hydrogens (tertiary/aromatic N) is 1. The lowest BCUT2D eigenvalue weighted by Gasteiger charge is -2.24. The lowest BCUT2D eigenvalue weighted by molar-refractivity contribution is 0.0926. The van der Waals surface area contributed by atoms with Crippen molar-refractivity contribution in [1.29, 1.82) is 0 Å². The Labute approximate surface area is 166 Å². The first-order chi connectivity index (χ1) is 14.1. The van der Waals surface area contributed by atoms with E-state index in [-0.39, 0.29) is 17.0 Å². The summed E-state index contributed by atoms with van der Waals surface area (Å²) in [4.78, 5) is 40.3. The first-order valence-electron chi connectivity index (χ1n) is 9.16. The fraction of sp³-hybridized carbons (Fsp3) is 0.0870. The van der Waals surface area contributed by atoms with E-state index >= 15 is 0 Å². The molecule has 2 aliphatic rings. The lowest BCUT2D eigenvalue weighted by Crippen LogP contribution is -2.31. The molecule has 0 saturated carbocycles. The van der Waals surface area contributed by atoms with E-state index in [1.165, 1.54) is 6.07 Å². The normalized spacial score (nSPS) is 14.7. The molecule has 29 heavy (non-hydrogen) atoms. The molecule has 5 rings (SSSR count). The van der Waals surface area contributed by atoms with Crippen molar-refractivity contribution >= 4 is 23.3 Å². The molecule has 6 nitrogen and oxygen atoms in total. The standard InChI is InChI=1S/C23H15NO5/c25-21(14-6-2-1-3-7-14)17-12-19-20(29-11-10-28-19)13-18(17)24-22(26)15-8-4-5-9-16(15)23(24)27/h1-9,12-13H,10-11H2. The second-order valence-corrected chi connectivity index (χ2v) is 6.70. The van der Waals surface area contributed by atoms with Crippen molar-refractivity contribution in [1.82, 2.24) is 0 Å². The van der Waals surface area contributed by atoms with Crippen LogP contribution in [0.25, 0.3) is 0 Å². The Morgan fingerprint density at radius 3 is 1.93 bits per heavy atom. The molecule has 0 unspecified atom stereocenters. The van der Waals surface area contributed by atoms with Crippen LogP contribution in [0.4, 0.5) is 5.69 Å². The highest BCUT2D eigenvalue weighted by Crippen LogP contribution is 2.40. The molecule has 0 saturated heterocycles. The molecule has 0 atom stereocenters. The van der Waals surface area contributed by atoms with Crippen LogP contribution in [0.3, 0.4) is 0 Å². The van der Waals surface area contributed by atoms with Gasteiger partial charge in [-0.05, 0) is 18.2 Å². The molecule has 0 aliphatic carbocycles. The highest BCUT2D eigenvalue weighted by Gasteiger charge is 2.39. The molecule has 2 heterocycles. The van der Waals surface area contributed by atoms with E-state index in [1.54, 1.807) is 54.6 Å². The first kappa shape index (κ1) is 17.2. The predicted octanol–water partition coefficient (Wildman–Crippen LogP) is 3.49. The zero-order chi connectivity index (χ0) is 20.0. The van der Waals surface area contributed by atoms with Crippen LogP contribution >= 0.6 is 0 Å². The number of imide groups is 1. The van der Waals surface area contributed by atoms with E-state index in [2.05, 4.69) is 0 Å². The van der Waals surface area contributed by atoms with Crippen LogP contribution in [0.1, 0.15) is 36.6 Å². The Bertz CT molecular complexity index is 1130. The minimum absolute atomic E-state index is 0.189. The maximum Gasteiger partial charge on any atom is 0.266 e. The Balaban J connectivity index is 1.69. The average Bonchev–Trinajstić information content (AvgIpc) is 3.03. The number of rotatable bonds is 3. The summed E-state index contributed by atoms with van der Waals surface area (Å²) >= 11 is 0. The maximum atomic E-state index is 13.3. The van der Waals surface area contributed by atoms with Crippen molar-refractivity contribution in [3.8, 4) is 11.5 Å². The van der Waals surface area contributed by atoms with E-state index in [4.69, 9.17) is 9.47 Å². The fourth-order valence-corrected chi connectivity index (χ4v) is 3.60. The molecule has 0 N–H and O–H groups in total. The van der Waals surface area contributed by atoms with E-state index in [9.17, 15) is 14.4 Å². The van der Waals surface area contributed by atoms with Crippen molar-refractivity contribution in [2.45, 2.75) is 0 Å². The van der Waals surface area contributed by atoms with Crippen LogP contribution in [-0.2, 0) is 0 Å². The van der Waals surface area contributed by atoms with Gasteiger partial charge in [-0.15, -0.1) is 0 Å².